The molecular weight excluding hydrogens is 339 g/mol. The normalized spacial score (nSPS) is 11.6. The lowest BCUT2D eigenvalue weighted by Crippen LogP contribution is -2.29. The lowest BCUT2D eigenvalue weighted by atomic mass is 10.0. The van der Waals surface area contributed by atoms with Gasteiger partial charge in [-0.3, -0.25) is 9.59 Å². The Kier molecular flexibility index (Phi) is 7.01. The molecule has 0 aromatic heterocycles. The maximum Gasteiger partial charge on any atom is 0.234 e. The molecule has 4 nitrogen and oxygen atoms in total. The van der Waals surface area contributed by atoms with Crippen LogP contribution in [0.3, 0.4) is 0 Å². The lowest BCUT2D eigenvalue weighted by molar-refractivity contribution is -0.119. The molecule has 0 bridgehead atoms. The van der Waals surface area contributed by atoms with Crippen molar-refractivity contribution in [2.24, 2.45) is 0 Å². The van der Waals surface area contributed by atoms with Gasteiger partial charge in [-0.25, -0.2) is 4.39 Å². The highest BCUT2D eigenvalue weighted by molar-refractivity contribution is 8.00. The number of carbonyl (C=O) groups is 2. The smallest absolute Gasteiger partial charge is 0.234 e. The zero-order chi connectivity index (χ0) is 18.2. The van der Waals surface area contributed by atoms with Gasteiger partial charge in [0, 0.05) is 5.69 Å². The molecule has 1 unspecified atom stereocenters. The molecule has 0 aliphatic carbocycles. The summed E-state index contributed by atoms with van der Waals surface area (Å²) in [6.45, 7) is 3.94. The second kappa shape index (κ2) is 9.22. The minimum Gasteiger partial charge on any atom is -0.349 e. The van der Waals surface area contributed by atoms with E-state index in [1.807, 2.05) is 38.1 Å². The first-order valence-electron chi connectivity index (χ1n) is 7.94. The van der Waals surface area contributed by atoms with Crippen LogP contribution in [0.5, 0.6) is 0 Å². The van der Waals surface area contributed by atoms with Gasteiger partial charge in [-0.15, -0.1) is 11.8 Å². The molecule has 0 aliphatic heterocycles. The van der Waals surface area contributed by atoms with Crippen LogP contribution in [0.1, 0.15) is 24.1 Å². The molecule has 0 aliphatic rings. The fraction of sp³-hybridized carbons (Fsp3) is 0.263. The van der Waals surface area contributed by atoms with Crippen LogP contribution < -0.4 is 10.6 Å². The first kappa shape index (κ1) is 19.0. The third kappa shape index (κ3) is 6.23. The molecule has 0 spiro atoms. The predicted molar refractivity (Wildman–Crippen MR) is 100 cm³/mol. The summed E-state index contributed by atoms with van der Waals surface area (Å²) >= 11 is 1.24. The van der Waals surface area contributed by atoms with Crippen molar-refractivity contribution in [2.75, 3.05) is 16.8 Å². The van der Waals surface area contributed by atoms with E-state index in [-0.39, 0.29) is 35.2 Å². The molecule has 2 aromatic rings. The largest absolute Gasteiger partial charge is 0.349 e. The molecule has 1 atom stereocenters. The first-order chi connectivity index (χ1) is 12.0. The Labute approximate surface area is 151 Å². The van der Waals surface area contributed by atoms with Gasteiger partial charge in [0.25, 0.3) is 0 Å². The molecule has 0 radical (unpaired) electrons. The Morgan fingerprint density at radius 1 is 1.04 bits per heavy atom. The lowest BCUT2D eigenvalue weighted by Gasteiger charge is -2.16. The van der Waals surface area contributed by atoms with E-state index in [0.717, 1.165) is 11.1 Å². The van der Waals surface area contributed by atoms with Gasteiger partial charge in [-0.1, -0.05) is 24.3 Å². The molecule has 132 valence electrons. The number of rotatable bonds is 7. The molecule has 6 heteroatoms. The van der Waals surface area contributed by atoms with E-state index in [1.165, 1.54) is 36.0 Å². The number of carbonyl (C=O) groups excluding carboxylic acids is 2. The van der Waals surface area contributed by atoms with Crippen LogP contribution in [-0.4, -0.2) is 23.3 Å². The van der Waals surface area contributed by atoms with E-state index >= 15 is 0 Å². The number of benzene rings is 2. The summed E-state index contributed by atoms with van der Waals surface area (Å²) in [6, 6.07) is 13.4. The van der Waals surface area contributed by atoms with Crippen molar-refractivity contribution in [3.63, 3.8) is 0 Å². The SMILES string of the molecule is Cc1ccccc1C(C)NC(=O)CSCC(=O)Nc1ccc(F)cc1. The molecular formula is C19H21FN2O2S. The molecule has 0 saturated carbocycles. The minimum atomic E-state index is -0.355. The van der Waals surface area contributed by atoms with Crippen LogP contribution >= 0.6 is 11.8 Å². The van der Waals surface area contributed by atoms with E-state index in [9.17, 15) is 14.0 Å². The molecule has 0 saturated heterocycles. The summed E-state index contributed by atoms with van der Waals surface area (Å²) < 4.78 is 12.8. The van der Waals surface area contributed by atoms with Crippen molar-refractivity contribution in [1.82, 2.24) is 5.32 Å². The van der Waals surface area contributed by atoms with Crippen molar-refractivity contribution in [1.29, 1.82) is 0 Å². The second-order valence-electron chi connectivity index (χ2n) is 5.69. The fourth-order valence-corrected chi connectivity index (χ4v) is 3.03. The molecule has 0 fully saturated rings. The number of hydrogen-bond donors (Lipinski definition) is 2. The highest BCUT2D eigenvalue weighted by atomic mass is 32.2. The molecule has 2 rings (SSSR count). The Morgan fingerprint density at radius 3 is 2.36 bits per heavy atom. The zero-order valence-electron chi connectivity index (χ0n) is 14.2. The van der Waals surface area contributed by atoms with Crippen LogP contribution in [0, 0.1) is 12.7 Å². The summed E-state index contributed by atoms with van der Waals surface area (Å²) in [5.74, 6) is -0.338. The van der Waals surface area contributed by atoms with Gasteiger partial charge in [0.05, 0.1) is 17.5 Å². The molecule has 2 aromatic carbocycles. The van der Waals surface area contributed by atoms with Gasteiger partial charge in [0.1, 0.15) is 5.82 Å². The zero-order valence-corrected chi connectivity index (χ0v) is 15.0. The molecule has 2 N–H and O–H groups in total. The molecule has 25 heavy (non-hydrogen) atoms. The van der Waals surface area contributed by atoms with Crippen molar-refractivity contribution in [3.8, 4) is 0 Å². The standard InChI is InChI=1S/C19H21FN2O2S/c1-13-5-3-4-6-17(13)14(2)21-18(23)11-25-12-19(24)22-16-9-7-15(20)8-10-16/h3-10,14H,11-12H2,1-2H3,(H,21,23)(H,22,24). The third-order valence-electron chi connectivity index (χ3n) is 3.63. The minimum absolute atomic E-state index is 0.0812. The summed E-state index contributed by atoms with van der Waals surface area (Å²) in [5.41, 5.74) is 2.74. The van der Waals surface area contributed by atoms with Crippen LogP contribution in [-0.2, 0) is 9.59 Å². The van der Waals surface area contributed by atoms with Crippen molar-refractivity contribution in [2.45, 2.75) is 19.9 Å². The number of nitrogens with one attached hydrogen (secondary N) is 2. The number of hydrogen-bond acceptors (Lipinski definition) is 3. The maximum absolute atomic E-state index is 12.8. The van der Waals surface area contributed by atoms with E-state index < -0.39 is 0 Å². The van der Waals surface area contributed by atoms with Gasteiger partial charge in [0.15, 0.2) is 0 Å². The monoisotopic (exact) mass is 360 g/mol. The summed E-state index contributed by atoms with van der Waals surface area (Å²) in [7, 11) is 0. The summed E-state index contributed by atoms with van der Waals surface area (Å²) in [5, 5.41) is 5.59. The Balaban J connectivity index is 1.72. The van der Waals surface area contributed by atoms with E-state index in [2.05, 4.69) is 10.6 Å². The predicted octanol–water partition coefficient (Wildman–Crippen LogP) is 3.68. The second-order valence-corrected chi connectivity index (χ2v) is 6.68. The maximum atomic E-state index is 12.8. The molecule has 0 heterocycles. The number of aryl methyl sites for hydroxylation is 1. The fourth-order valence-electron chi connectivity index (χ4n) is 2.40. The van der Waals surface area contributed by atoms with Crippen LogP contribution in [0.4, 0.5) is 10.1 Å². The Morgan fingerprint density at radius 2 is 1.68 bits per heavy atom. The van der Waals surface area contributed by atoms with E-state index in [1.54, 1.807) is 0 Å². The van der Waals surface area contributed by atoms with Gasteiger partial charge in [-0.05, 0) is 49.2 Å². The number of thioether (sulfide) groups is 1. The van der Waals surface area contributed by atoms with Gasteiger partial charge >= 0.3 is 0 Å². The molecule has 2 amide bonds. The Bertz CT molecular complexity index is 734. The summed E-state index contributed by atoms with van der Waals surface area (Å²) in [4.78, 5) is 23.8. The number of amides is 2. The van der Waals surface area contributed by atoms with Crippen LogP contribution in [0.2, 0.25) is 0 Å². The highest BCUT2D eigenvalue weighted by Gasteiger charge is 2.12. The average Bonchev–Trinajstić information content (AvgIpc) is 2.57. The van der Waals surface area contributed by atoms with E-state index in [4.69, 9.17) is 0 Å². The van der Waals surface area contributed by atoms with Crippen molar-refractivity contribution < 1.29 is 14.0 Å². The third-order valence-corrected chi connectivity index (χ3v) is 4.56. The Hall–Kier alpha value is -2.34. The quantitative estimate of drug-likeness (QED) is 0.792. The average molecular weight is 360 g/mol. The number of halogens is 1. The van der Waals surface area contributed by atoms with Crippen LogP contribution in [0.25, 0.3) is 0 Å². The van der Waals surface area contributed by atoms with Gasteiger partial charge < -0.3 is 10.6 Å². The van der Waals surface area contributed by atoms with E-state index in [0.29, 0.717) is 5.69 Å². The number of anilines is 1. The van der Waals surface area contributed by atoms with Crippen molar-refractivity contribution >= 4 is 29.3 Å². The highest BCUT2D eigenvalue weighted by Crippen LogP contribution is 2.17. The van der Waals surface area contributed by atoms with Gasteiger partial charge in [-0.2, -0.15) is 0 Å². The summed E-state index contributed by atoms with van der Waals surface area (Å²) in [6.07, 6.45) is 0. The van der Waals surface area contributed by atoms with Crippen molar-refractivity contribution in [3.05, 3.63) is 65.5 Å². The van der Waals surface area contributed by atoms with Gasteiger partial charge in [0.2, 0.25) is 11.8 Å². The first-order valence-corrected chi connectivity index (χ1v) is 9.09. The van der Waals surface area contributed by atoms with Crippen LogP contribution in [0.15, 0.2) is 48.5 Å². The topological polar surface area (TPSA) is 58.2 Å².